The van der Waals surface area contributed by atoms with Crippen LogP contribution in [0.25, 0.3) is 0 Å². The van der Waals surface area contributed by atoms with E-state index in [1.54, 1.807) is 0 Å². The van der Waals surface area contributed by atoms with E-state index in [1.807, 2.05) is 24.3 Å². The fourth-order valence-corrected chi connectivity index (χ4v) is 4.79. The maximum Gasteiger partial charge on any atom is 0.341 e. The van der Waals surface area contributed by atoms with Gasteiger partial charge in [0.2, 0.25) is 0 Å². The number of rotatable bonds is 8. The first kappa shape index (κ1) is 25.5. The summed E-state index contributed by atoms with van der Waals surface area (Å²) in [6, 6.07) is 11.9. The second kappa shape index (κ2) is 11.9. The van der Waals surface area contributed by atoms with Gasteiger partial charge in [0.1, 0.15) is 11.5 Å². The zero-order chi connectivity index (χ0) is 22.5. The van der Waals surface area contributed by atoms with Crippen LogP contribution >= 0.6 is 28.3 Å². The van der Waals surface area contributed by atoms with E-state index < -0.39 is 5.97 Å². The van der Waals surface area contributed by atoms with Crippen molar-refractivity contribution in [1.29, 1.82) is 0 Å². The van der Waals surface area contributed by atoms with Gasteiger partial charge in [0.05, 0.1) is 16.6 Å². The second-order valence-electron chi connectivity index (χ2n) is 8.54. The number of hydrogen-bond acceptors (Lipinski definition) is 5. The Hall–Kier alpha value is -2.09. The normalized spacial score (nSPS) is 16.5. The van der Waals surface area contributed by atoms with Gasteiger partial charge < -0.3 is 19.5 Å². The number of carboxylic acids is 1. The number of carbonyl (C=O) groups excluding carboxylic acids is 1. The van der Waals surface area contributed by atoms with Gasteiger partial charge in [0, 0.05) is 13.0 Å². The monoisotopic (exact) mass is 537 g/mol. The van der Waals surface area contributed by atoms with E-state index in [0.29, 0.717) is 24.7 Å². The summed E-state index contributed by atoms with van der Waals surface area (Å²) in [6.45, 7) is 3.27. The Labute approximate surface area is 208 Å². The molecule has 0 aliphatic carbocycles. The number of halogens is 2. The maximum absolute atomic E-state index is 12.1. The fourth-order valence-electron chi connectivity index (χ4n) is 4.42. The topological polar surface area (TPSA) is 76.1 Å². The van der Waals surface area contributed by atoms with Gasteiger partial charge in [-0.2, -0.15) is 0 Å². The van der Waals surface area contributed by atoms with Gasteiger partial charge >= 0.3 is 5.97 Å². The van der Waals surface area contributed by atoms with Crippen molar-refractivity contribution in [3.05, 3.63) is 57.6 Å². The molecular formula is C25H29BrClNO5. The van der Waals surface area contributed by atoms with Crippen LogP contribution in [0.1, 0.15) is 40.7 Å². The third kappa shape index (κ3) is 6.95. The SMILES string of the molecule is Cl.O=C(O)COc1cc(CC2CCN(CCc3ccc4c(c3)C(=O)CCO4)CC2)ccc1Br. The molecule has 2 aromatic rings. The van der Waals surface area contributed by atoms with Crippen molar-refractivity contribution >= 4 is 40.1 Å². The average Bonchev–Trinajstić information content (AvgIpc) is 2.79. The lowest BCUT2D eigenvalue weighted by Gasteiger charge is -2.32. The first-order valence-electron chi connectivity index (χ1n) is 11.1. The van der Waals surface area contributed by atoms with Crippen LogP contribution in [0.3, 0.4) is 0 Å². The lowest BCUT2D eigenvalue weighted by Crippen LogP contribution is -2.35. The molecule has 0 spiro atoms. The number of likely N-dealkylation sites (tertiary alicyclic amines) is 1. The highest BCUT2D eigenvalue weighted by Crippen LogP contribution is 2.30. The van der Waals surface area contributed by atoms with Gasteiger partial charge in [-0.25, -0.2) is 4.79 Å². The van der Waals surface area contributed by atoms with E-state index in [9.17, 15) is 9.59 Å². The minimum atomic E-state index is -0.981. The van der Waals surface area contributed by atoms with Crippen molar-refractivity contribution in [1.82, 2.24) is 4.90 Å². The third-order valence-electron chi connectivity index (χ3n) is 6.23. The Morgan fingerprint density at radius 1 is 1.15 bits per heavy atom. The first-order valence-corrected chi connectivity index (χ1v) is 11.9. The smallest absolute Gasteiger partial charge is 0.341 e. The Kier molecular flexibility index (Phi) is 9.18. The summed E-state index contributed by atoms with van der Waals surface area (Å²) in [5.74, 6) is 1.10. The minimum absolute atomic E-state index is 0. The molecule has 2 aromatic carbocycles. The molecule has 2 heterocycles. The molecule has 0 atom stereocenters. The van der Waals surface area contributed by atoms with Gasteiger partial charge in [-0.05, 0) is 96.0 Å². The Balaban J connectivity index is 0.00000306. The highest BCUT2D eigenvalue weighted by Gasteiger charge is 2.21. The van der Waals surface area contributed by atoms with Crippen molar-refractivity contribution < 1.29 is 24.2 Å². The molecule has 2 aliphatic heterocycles. The summed E-state index contributed by atoms with van der Waals surface area (Å²) in [7, 11) is 0. The second-order valence-corrected chi connectivity index (χ2v) is 9.39. The molecule has 0 amide bonds. The molecule has 0 saturated carbocycles. The number of carbonyl (C=O) groups is 2. The number of carboxylic acid groups (broad SMARTS) is 1. The van der Waals surface area contributed by atoms with Crippen molar-refractivity contribution in [2.75, 3.05) is 32.8 Å². The van der Waals surface area contributed by atoms with Crippen LogP contribution < -0.4 is 9.47 Å². The molecule has 33 heavy (non-hydrogen) atoms. The van der Waals surface area contributed by atoms with Crippen molar-refractivity contribution in [2.45, 2.75) is 32.1 Å². The molecule has 2 aliphatic rings. The third-order valence-corrected chi connectivity index (χ3v) is 6.88. The number of hydrogen-bond donors (Lipinski definition) is 1. The van der Waals surface area contributed by atoms with Gasteiger partial charge in [0.15, 0.2) is 12.4 Å². The zero-order valence-corrected chi connectivity index (χ0v) is 20.8. The summed E-state index contributed by atoms with van der Waals surface area (Å²) < 4.78 is 11.7. The Morgan fingerprint density at radius 3 is 2.67 bits per heavy atom. The van der Waals surface area contributed by atoms with Crippen LogP contribution in [0.4, 0.5) is 0 Å². The summed E-state index contributed by atoms with van der Waals surface area (Å²) in [5, 5.41) is 8.84. The van der Waals surface area contributed by atoms with Crippen molar-refractivity contribution in [3.63, 3.8) is 0 Å². The molecule has 1 N–H and O–H groups in total. The van der Waals surface area contributed by atoms with E-state index in [4.69, 9.17) is 14.6 Å². The predicted molar refractivity (Wildman–Crippen MR) is 132 cm³/mol. The number of aliphatic carboxylic acids is 1. The zero-order valence-electron chi connectivity index (χ0n) is 18.4. The summed E-state index contributed by atoms with van der Waals surface area (Å²) in [6.07, 6.45) is 4.64. The van der Waals surface area contributed by atoms with Crippen LogP contribution in [0.15, 0.2) is 40.9 Å². The van der Waals surface area contributed by atoms with Gasteiger partial charge in [-0.3, -0.25) is 4.79 Å². The molecule has 1 saturated heterocycles. The average molecular weight is 539 g/mol. The van der Waals surface area contributed by atoms with Gasteiger partial charge in [0.25, 0.3) is 0 Å². The first-order chi connectivity index (χ1) is 15.5. The molecule has 0 bridgehead atoms. The van der Waals surface area contributed by atoms with Crippen LogP contribution in [0.5, 0.6) is 11.5 Å². The van der Waals surface area contributed by atoms with E-state index >= 15 is 0 Å². The van der Waals surface area contributed by atoms with Crippen LogP contribution in [0.2, 0.25) is 0 Å². The lowest BCUT2D eigenvalue weighted by atomic mass is 9.90. The predicted octanol–water partition coefficient (Wildman–Crippen LogP) is 4.80. The fraction of sp³-hybridized carbons (Fsp3) is 0.440. The van der Waals surface area contributed by atoms with E-state index in [-0.39, 0.29) is 24.8 Å². The summed E-state index contributed by atoms with van der Waals surface area (Å²) >= 11 is 3.42. The molecule has 8 heteroatoms. The maximum atomic E-state index is 12.1. The summed E-state index contributed by atoms with van der Waals surface area (Å²) in [5.41, 5.74) is 3.09. The van der Waals surface area contributed by atoms with Gasteiger partial charge in [-0.15, -0.1) is 12.4 Å². The standard InChI is InChI=1S/C25H28BrNO5.ClH/c26-21-3-1-19(15-24(21)32-16-25(29)30)13-18-6-10-27(11-7-18)9-5-17-2-4-23-20(14-17)22(28)8-12-31-23;/h1-4,14-15,18H,5-13,16H2,(H,29,30);1H. The van der Waals surface area contributed by atoms with Crippen LogP contribution in [-0.2, 0) is 17.6 Å². The molecule has 0 radical (unpaired) electrons. The number of benzene rings is 2. The molecule has 4 rings (SSSR count). The quantitative estimate of drug-likeness (QED) is 0.521. The minimum Gasteiger partial charge on any atom is -0.492 e. The molecule has 0 aromatic heterocycles. The van der Waals surface area contributed by atoms with E-state index in [0.717, 1.165) is 61.1 Å². The lowest BCUT2D eigenvalue weighted by molar-refractivity contribution is -0.139. The number of nitrogens with zero attached hydrogens (tertiary/aromatic N) is 1. The molecular weight excluding hydrogens is 510 g/mol. The number of ether oxygens (including phenoxy) is 2. The highest BCUT2D eigenvalue weighted by molar-refractivity contribution is 9.10. The largest absolute Gasteiger partial charge is 0.492 e. The van der Waals surface area contributed by atoms with E-state index in [1.165, 1.54) is 11.1 Å². The van der Waals surface area contributed by atoms with Gasteiger partial charge in [-0.1, -0.05) is 12.1 Å². The van der Waals surface area contributed by atoms with Crippen molar-refractivity contribution in [2.24, 2.45) is 5.92 Å². The number of ketones is 1. The van der Waals surface area contributed by atoms with Crippen molar-refractivity contribution in [3.8, 4) is 11.5 Å². The number of piperidine rings is 1. The van der Waals surface area contributed by atoms with E-state index in [2.05, 4.69) is 33.0 Å². The molecule has 1 fully saturated rings. The van der Waals surface area contributed by atoms with Crippen LogP contribution in [0, 0.1) is 5.92 Å². The molecule has 178 valence electrons. The summed E-state index contributed by atoms with van der Waals surface area (Å²) in [4.78, 5) is 25.4. The number of fused-ring (bicyclic) bond motifs is 1. The Morgan fingerprint density at radius 2 is 1.91 bits per heavy atom. The molecule has 6 nitrogen and oxygen atoms in total. The van der Waals surface area contributed by atoms with Crippen LogP contribution in [-0.4, -0.2) is 54.6 Å². The molecule has 0 unspecified atom stereocenters. The highest BCUT2D eigenvalue weighted by atomic mass is 79.9. The Bertz CT molecular complexity index is 991. The number of Topliss-reactive ketones (excluding diaryl/α,β-unsaturated/α-hetero) is 1.